The van der Waals surface area contributed by atoms with Crippen LogP contribution in [-0.4, -0.2) is 51.5 Å². The van der Waals surface area contributed by atoms with Gasteiger partial charge in [0.25, 0.3) is 0 Å². The second-order valence-electron chi connectivity index (χ2n) is 5.36. The monoisotopic (exact) mass is 319 g/mol. The molecule has 0 aliphatic carbocycles. The molecule has 0 aromatic carbocycles. The van der Waals surface area contributed by atoms with Crippen LogP contribution < -0.4 is 5.32 Å². The Kier molecular flexibility index (Phi) is 4.52. The molecule has 1 atom stereocenters. The lowest BCUT2D eigenvalue weighted by Gasteiger charge is -2.26. The van der Waals surface area contributed by atoms with Crippen molar-refractivity contribution in [1.82, 2.24) is 19.7 Å². The number of rotatable bonds is 2. The molecule has 1 fully saturated rings. The fourth-order valence-corrected chi connectivity index (χ4v) is 2.44. The topological polar surface area (TPSA) is 72.3 Å². The Labute approximate surface area is 133 Å². The van der Waals surface area contributed by atoms with Gasteiger partial charge in [-0.05, 0) is 25.5 Å². The zero-order valence-electron chi connectivity index (χ0n) is 12.8. The number of pyridine rings is 1. The van der Waals surface area contributed by atoms with Crippen LogP contribution in [0.3, 0.4) is 0 Å². The maximum Gasteiger partial charge on any atom is 0.323 e. The highest BCUT2D eigenvalue weighted by molar-refractivity contribution is 5.88. The van der Waals surface area contributed by atoms with Gasteiger partial charge < -0.3 is 9.64 Å². The molecule has 1 unspecified atom stereocenters. The molecule has 1 N–H and O–H groups in total. The third kappa shape index (κ3) is 3.48. The fourth-order valence-electron chi connectivity index (χ4n) is 2.44. The highest BCUT2D eigenvalue weighted by atomic mass is 19.1. The molecule has 2 amide bonds. The smallest absolute Gasteiger partial charge is 0.323 e. The predicted octanol–water partition coefficient (Wildman–Crippen LogP) is 2.05. The Morgan fingerprint density at radius 3 is 3.17 bits per heavy atom. The van der Waals surface area contributed by atoms with E-state index in [2.05, 4.69) is 15.4 Å². The second kappa shape index (κ2) is 6.74. The lowest BCUT2D eigenvalue weighted by Crippen LogP contribution is -2.42. The first kappa shape index (κ1) is 15.4. The molecule has 23 heavy (non-hydrogen) atoms. The van der Waals surface area contributed by atoms with Crippen molar-refractivity contribution < 1.29 is 13.9 Å². The lowest BCUT2D eigenvalue weighted by molar-refractivity contribution is 0.116. The number of nitrogens with one attached hydrogen (secondary N) is 1. The standard InChI is InChI=1S/C15H18FN5O2/c1-11-10-23-9-3-7-20(11)15(22)18-13-5-8-21(19-13)14-12(16)4-2-6-17-14/h2,4-6,8,11H,3,7,9-10H2,1H3,(H,18,19,22). The Morgan fingerprint density at radius 1 is 1.48 bits per heavy atom. The molecular formula is C15H18FN5O2. The summed E-state index contributed by atoms with van der Waals surface area (Å²) in [5, 5.41) is 6.88. The zero-order chi connectivity index (χ0) is 16.2. The normalized spacial score (nSPS) is 18.5. The highest BCUT2D eigenvalue weighted by Gasteiger charge is 2.23. The van der Waals surface area contributed by atoms with E-state index in [-0.39, 0.29) is 17.9 Å². The maximum atomic E-state index is 13.7. The number of amides is 2. The highest BCUT2D eigenvalue weighted by Crippen LogP contribution is 2.13. The summed E-state index contributed by atoms with van der Waals surface area (Å²) in [6.07, 6.45) is 3.83. The van der Waals surface area contributed by atoms with Crippen LogP contribution in [-0.2, 0) is 4.74 Å². The van der Waals surface area contributed by atoms with Crippen LogP contribution in [0.5, 0.6) is 0 Å². The Hall–Kier alpha value is -2.48. The average molecular weight is 319 g/mol. The van der Waals surface area contributed by atoms with E-state index in [1.807, 2.05) is 6.92 Å². The minimum absolute atomic E-state index is 0.00665. The maximum absolute atomic E-state index is 13.7. The van der Waals surface area contributed by atoms with Crippen molar-refractivity contribution in [3.63, 3.8) is 0 Å². The molecule has 0 saturated carbocycles. The number of carbonyl (C=O) groups is 1. The number of hydrogen-bond donors (Lipinski definition) is 1. The van der Waals surface area contributed by atoms with E-state index in [4.69, 9.17) is 4.74 Å². The Bertz CT molecular complexity index is 690. The van der Waals surface area contributed by atoms with Crippen LogP contribution in [0.15, 0.2) is 30.6 Å². The SMILES string of the molecule is CC1COCCCN1C(=O)Nc1ccn(-c2ncccc2F)n1. The largest absolute Gasteiger partial charge is 0.379 e. The molecule has 122 valence electrons. The number of urea groups is 1. The molecule has 1 saturated heterocycles. The number of ether oxygens (including phenoxy) is 1. The Morgan fingerprint density at radius 2 is 2.35 bits per heavy atom. The molecule has 2 aromatic rings. The summed E-state index contributed by atoms with van der Waals surface area (Å²) in [5.41, 5.74) is 0. The van der Waals surface area contributed by atoms with Crippen LogP contribution in [0.1, 0.15) is 13.3 Å². The molecule has 8 heteroatoms. The number of carbonyl (C=O) groups excluding carboxylic acids is 1. The van der Waals surface area contributed by atoms with E-state index in [0.717, 1.165) is 6.42 Å². The van der Waals surface area contributed by atoms with Crippen LogP contribution in [0.2, 0.25) is 0 Å². The van der Waals surface area contributed by atoms with E-state index in [1.165, 1.54) is 23.0 Å². The van der Waals surface area contributed by atoms with Crippen molar-refractivity contribution >= 4 is 11.8 Å². The van der Waals surface area contributed by atoms with Crippen molar-refractivity contribution in [3.8, 4) is 5.82 Å². The average Bonchev–Trinajstić information content (AvgIpc) is 2.88. The summed E-state index contributed by atoms with van der Waals surface area (Å²) in [6, 6.07) is 4.17. The van der Waals surface area contributed by atoms with E-state index < -0.39 is 5.82 Å². The van der Waals surface area contributed by atoms with Crippen LogP contribution in [0.25, 0.3) is 5.82 Å². The van der Waals surface area contributed by atoms with Crippen LogP contribution in [0.4, 0.5) is 15.0 Å². The number of anilines is 1. The summed E-state index contributed by atoms with van der Waals surface area (Å²) in [7, 11) is 0. The van der Waals surface area contributed by atoms with Gasteiger partial charge in [-0.15, -0.1) is 5.10 Å². The quantitative estimate of drug-likeness (QED) is 0.919. The molecule has 3 heterocycles. The van der Waals surface area contributed by atoms with Gasteiger partial charge >= 0.3 is 6.03 Å². The third-order valence-corrected chi connectivity index (χ3v) is 3.62. The Balaban J connectivity index is 1.71. The van der Waals surface area contributed by atoms with Gasteiger partial charge in [0.1, 0.15) is 0 Å². The lowest BCUT2D eigenvalue weighted by atomic mass is 10.3. The summed E-state index contributed by atoms with van der Waals surface area (Å²) in [6.45, 7) is 3.73. The van der Waals surface area contributed by atoms with E-state index in [0.29, 0.717) is 25.6 Å². The molecule has 0 bridgehead atoms. The molecule has 2 aromatic heterocycles. The van der Waals surface area contributed by atoms with Gasteiger partial charge in [-0.25, -0.2) is 18.9 Å². The van der Waals surface area contributed by atoms with Gasteiger partial charge in [-0.2, -0.15) is 0 Å². The van der Waals surface area contributed by atoms with Gasteiger partial charge in [0.05, 0.1) is 12.6 Å². The zero-order valence-corrected chi connectivity index (χ0v) is 12.8. The first-order chi connectivity index (χ1) is 11.1. The summed E-state index contributed by atoms with van der Waals surface area (Å²) in [5.74, 6) is -0.0475. The summed E-state index contributed by atoms with van der Waals surface area (Å²) < 4.78 is 20.4. The first-order valence-electron chi connectivity index (χ1n) is 7.47. The molecule has 1 aliphatic rings. The molecule has 1 aliphatic heterocycles. The molecule has 0 spiro atoms. The van der Waals surface area contributed by atoms with Gasteiger partial charge in [-0.3, -0.25) is 5.32 Å². The van der Waals surface area contributed by atoms with Crippen molar-refractivity contribution in [2.24, 2.45) is 0 Å². The van der Waals surface area contributed by atoms with Gasteiger partial charge in [0, 0.05) is 31.6 Å². The molecule has 3 rings (SSSR count). The molecule has 7 nitrogen and oxygen atoms in total. The second-order valence-corrected chi connectivity index (χ2v) is 5.36. The first-order valence-corrected chi connectivity index (χ1v) is 7.47. The minimum atomic E-state index is -0.480. The number of halogens is 1. The third-order valence-electron chi connectivity index (χ3n) is 3.62. The predicted molar refractivity (Wildman–Crippen MR) is 81.9 cm³/mol. The van der Waals surface area contributed by atoms with Crippen molar-refractivity contribution in [2.45, 2.75) is 19.4 Å². The van der Waals surface area contributed by atoms with Gasteiger partial charge in [-0.1, -0.05) is 0 Å². The number of aromatic nitrogens is 3. The summed E-state index contributed by atoms with van der Waals surface area (Å²) in [4.78, 5) is 18.0. The van der Waals surface area contributed by atoms with E-state index in [9.17, 15) is 9.18 Å². The minimum Gasteiger partial charge on any atom is -0.379 e. The number of nitrogens with zero attached hydrogens (tertiary/aromatic N) is 4. The fraction of sp³-hybridized carbons (Fsp3) is 0.400. The van der Waals surface area contributed by atoms with Gasteiger partial charge in [0.15, 0.2) is 17.5 Å². The van der Waals surface area contributed by atoms with Gasteiger partial charge in [0.2, 0.25) is 0 Å². The van der Waals surface area contributed by atoms with E-state index >= 15 is 0 Å². The summed E-state index contributed by atoms with van der Waals surface area (Å²) >= 11 is 0. The number of hydrogen-bond acceptors (Lipinski definition) is 4. The van der Waals surface area contributed by atoms with Crippen LogP contribution in [0, 0.1) is 5.82 Å². The molecular weight excluding hydrogens is 301 g/mol. The van der Waals surface area contributed by atoms with Crippen molar-refractivity contribution in [1.29, 1.82) is 0 Å². The van der Waals surface area contributed by atoms with E-state index in [1.54, 1.807) is 17.2 Å². The molecule has 0 radical (unpaired) electrons. The van der Waals surface area contributed by atoms with Crippen LogP contribution >= 0.6 is 0 Å². The van der Waals surface area contributed by atoms with Crippen molar-refractivity contribution in [2.75, 3.05) is 25.1 Å². The van der Waals surface area contributed by atoms with Crippen molar-refractivity contribution in [3.05, 3.63) is 36.4 Å².